The fourth-order valence-electron chi connectivity index (χ4n) is 4.98. The number of methoxy groups -OCH3 is 1. The normalized spacial score (nSPS) is 18.1. The molecule has 1 N–H and O–H groups in total. The molecule has 33 heavy (non-hydrogen) atoms. The minimum atomic E-state index is 0.278. The number of hydrogen-bond acceptors (Lipinski definition) is 5. The molecule has 0 amide bonds. The summed E-state index contributed by atoms with van der Waals surface area (Å²) >= 11 is 0. The molecule has 7 nitrogen and oxygen atoms in total. The number of benzene rings is 1. The van der Waals surface area contributed by atoms with Crippen LogP contribution in [0.25, 0.3) is 11.2 Å². The predicted octanol–water partition coefficient (Wildman–Crippen LogP) is 5.10. The molecule has 1 aromatic carbocycles. The van der Waals surface area contributed by atoms with Crippen molar-refractivity contribution < 1.29 is 9.47 Å². The molecule has 3 aromatic rings. The number of nitrogens with zero attached hydrogens (tertiary/aromatic N) is 4. The third-order valence-corrected chi connectivity index (χ3v) is 6.87. The van der Waals surface area contributed by atoms with Crippen molar-refractivity contribution in [2.45, 2.75) is 89.8 Å². The summed E-state index contributed by atoms with van der Waals surface area (Å²) in [6.45, 7) is 4.92. The maximum absolute atomic E-state index is 6.34. The van der Waals surface area contributed by atoms with E-state index in [1.165, 1.54) is 25.7 Å². The van der Waals surface area contributed by atoms with Crippen LogP contribution in [-0.4, -0.2) is 38.8 Å². The molecule has 7 heteroatoms. The minimum Gasteiger partial charge on any atom is -0.493 e. The Morgan fingerprint density at radius 1 is 1.09 bits per heavy atom. The third kappa shape index (κ3) is 4.77. The fraction of sp³-hybridized carbons (Fsp3) is 0.577. The summed E-state index contributed by atoms with van der Waals surface area (Å²) in [6, 6.07) is 6.56. The molecule has 2 saturated carbocycles. The summed E-state index contributed by atoms with van der Waals surface area (Å²) in [5.41, 5.74) is 3.73. The molecule has 2 fully saturated rings. The Kier molecular flexibility index (Phi) is 6.38. The average Bonchev–Trinajstić information content (AvgIpc) is 3.57. The molecule has 0 atom stereocenters. The predicted molar refractivity (Wildman–Crippen MR) is 129 cm³/mol. The average molecular weight is 450 g/mol. The number of ether oxygens (including phenoxy) is 2. The molecular weight excluding hydrogens is 414 g/mol. The Balaban J connectivity index is 1.55. The van der Waals surface area contributed by atoms with E-state index in [-0.39, 0.29) is 6.10 Å². The lowest BCUT2D eigenvalue weighted by atomic mass is 10.2. The quantitative estimate of drug-likeness (QED) is 0.544. The monoisotopic (exact) mass is 449 g/mol. The molecular formula is C26H35N5O2. The smallest absolute Gasteiger partial charge is 0.227 e. The van der Waals surface area contributed by atoms with E-state index in [0.717, 1.165) is 65.4 Å². The summed E-state index contributed by atoms with van der Waals surface area (Å²) < 4.78 is 14.1. The molecule has 2 aromatic heterocycles. The standard InChI is InChI=1S/C26H35N5O2/c1-17(2)24-29-21-15-27-26(28-19-8-4-5-9-19)31(25(21)30-24)16-18-12-13-22(32-3)23(14-18)33-20-10-6-7-11-20/h12-15,17,19-20H,4-11,16H2,1-3H3,(H,29,30). The van der Waals surface area contributed by atoms with E-state index in [0.29, 0.717) is 18.5 Å². The molecule has 0 bridgehead atoms. The van der Waals surface area contributed by atoms with Gasteiger partial charge in [0.2, 0.25) is 5.62 Å². The van der Waals surface area contributed by atoms with Crippen molar-refractivity contribution in [1.29, 1.82) is 0 Å². The zero-order valence-electron chi connectivity index (χ0n) is 20.0. The van der Waals surface area contributed by atoms with Crippen molar-refractivity contribution in [3.05, 3.63) is 41.4 Å². The van der Waals surface area contributed by atoms with Crippen LogP contribution in [0.4, 0.5) is 0 Å². The van der Waals surface area contributed by atoms with Crippen LogP contribution in [0.5, 0.6) is 11.5 Å². The lowest BCUT2D eigenvalue weighted by molar-refractivity contribution is 0.200. The van der Waals surface area contributed by atoms with Crippen LogP contribution in [0.1, 0.15) is 82.5 Å². The summed E-state index contributed by atoms with van der Waals surface area (Å²) in [4.78, 5) is 18.2. The summed E-state index contributed by atoms with van der Waals surface area (Å²) in [5.74, 6) is 2.89. The van der Waals surface area contributed by atoms with Crippen molar-refractivity contribution in [3.8, 4) is 11.5 Å². The van der Waals surface area contributed by atoms with Gasteiger partial charge in [-0.3, -0.25) is 4.57 Å². The first-order chi connectivity index (χ1) is 16.1. The Hall–Kier alpha value is -2.83. The minimum absolute atomic E-state index is 0.278. The molecule has 0 unspecified atom stereocenters. The largest absolute Gasteiger partial charge is 0.493 e. The van der Waals surface area contributed by atoms with E-state index < -0.39 is 0 Å². The highest BCUT2D eigenvalue weighted by Crippen LogP contribution is 2.33. The summed E-state index contributed by atoms with van der Waals surface area (Å²) in [6.07, 6.45) is 11.6. The summed E-state index contributed by atoms with van der Waals surface area (Å²) in [7, 11) is 1.70. The zero-order valence-corrected chi connectivity index (χ0v) is 20.0. The van der Waals surface area contributed by atoms with Crippen LogP contribution in [0.2, 0.25) is 0 Å². The van der Waals surface area contributed by atoms with Gasteiger partial charge in [0.25, 0.3) is 0 Å². The van der Waals surface area contributed by atoms with Crippen LogP contribution in [0.3, 0.4) is 0 Å². The van der Waals surface area contributed by atoms with Crippen molar-refractivity contribution in [3.63, 3.8) is 0 Å². The molecule has 2 heterocycles. The topological polar surface area (TPSA) is 77.3 Å². The lowest BCUT2D eigenvalue weighted by Crippen LogP contribution is -2.27. The van der Waals surface area contributed by atoms with Crippen LogP contribution in [0, 0.1) is 0 Å². The number of rotatable bonds is 7. The van der Waals surface area contributed by atoms with Gasteiger partial charge in [0.05, 0.1) is 32.0 Å². The van der Waals surface area contributed by atoms with E-state index in [1.54, 1.807) is 7.11 Å². The van der Waals surface area contributed by atoms with Crippen molar-refractivity contribution in [2.24, 2.45) is 4.99 Å². The van der Waals surface area contributed by atoms with Crippen LogP contribution >= 0.6 is 0 Å². The third-order valence-electron chi connectivity index (χ3n) is 6.87. The Morgan fingerprint density at radius 3 is 2.58 bits per heavy atom. The Morgan fingerprint density at radius 2 is 1.85 bits per heavy atom. The van der Waals surface area contributed by atoms with Crippen LogP contribution in [-0.2, 0) is 6.54 Å². The zero-order chi connectivity index (χ0) is 22.8. The molecule has 0 saturated heterocycles. The number of H-pyrrole nitrogens is 1. The second-order valence-corrected chi connectivity index (χ2v) is 9.74. The highest BCUT2D eigenvalue weighted by molar-refractivity contribution is 5.70. The van der Waals surface area contributed by atoms with E-state index in [1.807, 2.05) is 12.3 Å². The van der Waals surface area contributed by atoms with Crippen LogP contribution in [0.15, 0.2) is 29.4 Å². The first kappa shape index (κ1) is 22.0. The van der Waals surface area contributed by atoms with E-state index in [9.17, 15) is 0 Å². The maximum Gasteiger partial charge on any atom is 0.227 e. The summed E-state index contributed by atoms with van der Waals surface area (Å²) in [5, 5.41) is 0. The van der Waals surface area contributed by atoms with Crippen molar-refractivity contribution >= 4 is 11.2 Å². The van der Waals surface area contributed by atoms with Gasteiger partial charge in [0.15, 0.2) is 17.1 Å². The number of aromatic amines is 1. The molecule has 2 aliphatic rings. The molecule has 0 radical (unpaired) electrons. The van der Waals surface area contributed by atoms with Gasteiger partial charge >= 0.3 is 0 Å². The molecule has 0 spiro atoms. The fourth-order valence-corrected chi connectivity index (χ4v) is 4.98. The van der Waals surface area contributed by atoms with Gasteiger partial charge < -0.3 is 14.5 Å². The van der Waals surface area contributed by atoms with Gasteiger partial charge in [0, 0.05) is 5.92 Å². The Labute approximate surface area is 195 Å². The second kappa shape index (κ2) is 9.57. The first-order valence-electron chi connectivity index (χ1n) is 12.4. The molecule has 176 valence electrons. The molecule has 2 aliphatic carbocycles. The molecule has 5 rings (SSSR count). The van der Waals surface area contributed by atoms with Gasteiger partial charge in [-0.2, -0.15) is 0 Å². The van der Waals surface area contributed by atoms with Gasteiger partial charge in [0.1, 0.15) is 11.3 Å². The van der Waals surface area contributed by atoms with Gasteiger partial charge in [-0.25, -0.2) is 15.0 Å². The maximum atomic E-state index is 6.34. The number of fused-ring (bicyclic) bond motifs is 1. The second-order valence-electron chi connectivity index (χ2n) is 9.74. The highest BCUT2D eigenvalue weighted by Gasteiger charge is 2.20. The molecule has 0 aliphatic heterocycles. The Bertz CT molecular complexity index is 1170. The first-order valence-corrected chi connectivity index (χ1v) is 12.4. The number of imidazole rings is 1. The van der Waals surface area contributed by atoms with E-state index >= 15 is 0 Å². The highest BCUT2D eigenvalue weighted by atomic mass is 16.5. The number of aromatic nitrogens is 4. The van der Waals surface area contributed by atoms with Crippen LogP contribution < -0.4 is 15.1 Å². The number of hydrogen-bond donors (Lipinski definition) is 1. The van der Waals surface area contributed by atoms with Crippen molar-refractivity contribution in [2.75, 3.05) is 7.11 Å². The van der Waals surface area contributed by atoms with E-state index in [4.69, 9.17) is 24.4 Å². The number of nitrogens with one attached hydrogen (secondary N) is 1. The van der Waals surface area contributed by atoms with Crippen molar-refractivity contribution in [1.82, 2.24) is 19.5 Å². The van der Waals surface area contributed by atoms with E-state index in [2.05, 4.69) is 35.5 Å². The lowest BCUT2D eigenvalue weighted by Gasteiger charge is -2.17. The van der Waals surface area contributed by atoms with Gasteiger partial charge in [-0.15, -0.1) is 0 Å². The van der Waals surface area contributed by atoms with Gasteiger partial charge in [-0.1, -0.05) is 32.8 Å². The SMILES string of the molecule is COc1ccc(Cn2c(=NC3CCCC3)ncc3[nH]c(C(C)C)nc32)cc1OC1CCCC1. The van der Waals surface area contributed by atoms with Gasteiger partial charge in [-0.05, 0) is 56.2 Å².